The molecular formula is C25H16N2O2S. The van der Waals surface area contributed by atoms with Gasteiger partial charge in [-0.25, -0.2) is 4.98 Å². The van der Waals surface area contributed by atoms with Crippen LogP contribution in [0.2, 0.25) is 0 Å². The molecule has 0 atom stereocenters. The lowest BCUT2D eigenvalue weighted by Crippen LogP contribution is -1.88. The summed E-state index contributed by atoms with van der Waals surface area (Å²) in [6.45, 7) is 0. The average molecular weight is 408 g/mol. The van der Waals surface area contributed by atoms with Crippen LogP contribution in [0.5, 0.6) is 0 Å². The molecular weight excluding hydrogens is 392 g/mol. The quantitative estimate of drug-likeness (QED) is 0.233. The zero-order valence-electron chi connectivity index (χ0n) is 15.9. The van der Waals surface area contributed by atoms with Crippen molar-refractivity contribution in [1.82, 2.24) is 4.98 Å². The molecule has 0 aliphatic rings. The van der Waals surface area contributed by atoms with E-state index in [-0.39, 0.29) is 10.6 Å². The van der Waals surface area contributed by atoms with Gasteiger partial charge in [0.25, 0.3) is 5.69 Å². The minimum absolute atomic E-state index is 0.0731. The number of nitro benzene ring substituents is 1. The van der Waals surface area contributed by atoms with E-state index in [1.54, 1.807) is 23.5 Å². The minimum atomic E-state index is -0.383. The van der Waals surface area contributed by atoms with Gasteiger partial charge in [0.15, 0.2) is 0 Å². The molecule has 0 amide bonds. The Balaban J connectivity index is 1.74. The topological polar surface area (TPSA) is 56.0 Å². The summed E-state index contributed by atoms with van der Waals surface area (Å²) in [7, 11) is 0. The van der Waals surface area contributed by atoms with E-state index >= 15 is 0 Å². The molecule has 0 aliphatic heterocycles. The van der Waals surface area contributed by atoms with Crippen LogP contribution in [0, 0.1) is 10.1 Å². The summed E-state index contributed by atoms with van der Waals surface area (Å²) in [4.78, 5) is 16.7. The maximum absolute atomic E-state index is 11.1. The Morgan fingerprint density at radius 3 is 2.20 bits per heavy atom. The Hall–Kier alpha value is -3.83. The molecule has 1 heterocycles. The minimum Gasteiger partial charge on any atom is -0.258 e. The fraction of sp³-hybridized carbons (Fsp3) is 0. The Morgan fingerprint density at radius 1 is 0.733 bits per heavy atom. The number of benzene rings is 4. The maximum Gasteiger partial charge on any atom is 0.269 e. The highest BCUT2D eigenvalue weighted by atomic mass is 32.1. The third-order valence-electron chi connectivity index (χ3n) is 5.03. The van der Waals surface area contributed by atoms with E-state index in [0.717, 1.165) is 37.7 Å². The molecule has 0 saturated heterocycles. The van der Waals surface area contributed by atoms with Crippen molar-refractivity contribution in [2.24, 2.45) is 0 Å². The van der Waals surface area contributed by atoms with Gasteiger partial charge in [-0.1, -0.05) is 72.8 Å². The number of fused-ring (bicyclic) bond motifs is 1. The van der Waals surface area contributed by atoms with Gasteiger partial charge in [-0.05, 0) is 22.9 Å². The van der Waals surface area contributed by atoms with Crippen LogP contribution in [-0.2, 0) is 0 Å². The molecule has 5 heteroatoms. The first kappa shape index (κ1) is 18.2. The highest BCUT2D eigenvalue weighted by Crippen LogP contribution is 2.43. The number of thiazole rings is 1. The van der Waals surface area contributed by atoms with Crippen molar-refractivity contribution in [1.29, 1.82) is 0 Å². The van der Waals surface area contributed by atoms with Gasteiger partial charge < -0.3 is 0 Å². The summed E-state index contributed by atoms with van der Waals surface area (Å²) in [6.07, 6.45) is 0. The summed E-state index contributed by atoms with van der Waals surface area (Å²) in [5.41, 5.74) is 3.94. The standard InChI is InChI=1S/C25H16N2O2S/c28-27(29)20-15-13-18(14-16-20)23-24(30-25(26-23)19-8-2-1-3-9-19)22-12-6-10-17-7-4-5-11-21(17)22/h1-16H. The highest BCUT2D eigenvalue weighted by Gasteiger charge is 2.18. The maximum atomic E-state index is 11.1. The van der Waals surface area contributed by atoms with Crippen molar-refractivity contribution in [3.63, 3.8) is 0 Å². The van der Waals surface area contributed by atoms with Gasteiger partial charge in [-0.3, -0.25) is 10.1 Å². The molecule has 5 aromatic rings. The van der Waals surface area contributed by atoms with Crippen molar-refractivity contribution >= 4 is 27.8 Å². The third-order valence-corrected chi connectivity index (χ3v) is 6.17. The summed E-state index contributed by atoms with van der Waals surface area (Å²) in [5, 5.41) is 14.3. The number of rotatable bonds is 4. The molecule has 4 nitrogen and oxygen atoms in total. The molecule has 0 radical (unpaired) electrons. The Kier molecular flexibility index (Phi) is 4.58. The van der Waals surface area contributed by atoms with E-state index in [9.17, 15) is 10.1 Å². The van der Waals surface area contributed by atoms with Gasteiger partial charge in [0.1, 0.15) is 5.01 Å². The molecule has 30 heavy (non-hydrogen) atoms. The first-order chi connectivity index (χ1) is 14.7. The number of hydrogen-bond acceptors (Lipinski definition) is 4. The highest BCUT2D eigenvalue weighted by molar-refractivity contribution is 7.19. The summed E-state index contributed by atoms with van der Waals surface area (Å²) in [5.74, 6) is 0. The number of nitrogens with zero attached hydrogens (tertiary/aromatic N) is 2. The van der Waals surface area contributed by atoms with Gasteiger partial charge in [0, 0.05) is 28.8 Å². The summed E-state index contributed by atoms with van der Waals surface area (Å²) in [6, 6.07) is 31.2. The van der Waals surface area contributed by atoms with Gasteiger partial charge >= 0.3 is 0 Å². The molecule has 5 rings (SSSR count). The predicted octanol–water partition coefficient (Wildman–Crippen LogP) is 7.21. The number of aromatic nitrogens is 1. The van der Waals surface area contributed by atoms with Gasteiger partial charge in [0.05, 0.1) is 15.5 Å². The number of non-ortho nitro benzene ring substituents is 1. The van der Waals surface area contributed by atoms with Crippen LogP contribution >= 0.6 is 11.3 Å². The largest absolute Gasteiger partial charge is 0.269 e. The van der Waals surface area contributed by atoms with E-state index in [1.807, 2.05) is 42.5 Å². The van der Waals surface area contributed by atoms with Crippen molar-refractivity contribution in [3.05, 3.63) is 107 Å². The summed E-state index contributed by atoms with van der Waals surface area (Å²) >= 11 is 1.64. The van der Waals surface area contributed by atoms with E-state index in [1.165, 1.54) is 17.5 Å². The van der Waals surface area contributed by atoms with Crippen LogP contribution in [0.25, 0.3) is 43.0 Å². The fourth-order valence-electron chi connectivity index (χ4n) is 3.57. The second-order valence-corrected chi connectivity index (χ2v) is 7.89. The van der Waals surface area contributed by atoms with Gasteiger partial charge in [-0.2, -0.15) is 0 Å². The van der Waals surface area contributed by atoms with Crippen LogP contribution in [0.1, 0.15) is 0 Å². The Bertz CT molecular complexity index is 1350. The monoisotopic (exact) mass is 408 g/mol. The van der Waals surface area contributed by atoms with Crippen LogP contribution in [-0.4, -0.2) is 9.91 Å². The molecule has 144 valence electrons. The van der Waals surface area contributed by atoms with Crippen molar-refractivity contribution in [2.75, 3.05) is 0 Å². The van der Waals surface area contributed by atoms with E-state index in [4.69, 9.17) is 4.98 Å². The molecule has 0 bridgehead atoms. The lowest BCUT2D eigenvalue weighted by atomic mass is 10.0. The molecule has 0 spiro atoms. The number of hydrogen-bond donors (Lipinski definition) is 0. The SMILES string of the molecule is O=[N+]([O-])c1ccc(-c2nc(-c3ccccc3)sc2-c2cccc3ccccc23)cc1. The van der Waals surface area contributed by atoms with Crippen LogP contribution < -0.4 is 0 Å². The third kappa shape index (κ3) is 3.25. The van der Waals surface area contributed by atoms with Crippen LogP contribution in [0.15, 0.2) is 97.1 Å². The fourth-order valence-corrected chi connectivity index (χ4v) is 4.70. The van der Waals surface area contributed by atoms with Gasteiger partial charge in [0.2, 0.25) is 0 Å². The molecule has 0 saturated carbocycles. The van der Waals surface area contributed by atoms with E-state index in [2.05, 4.69) is 30.3 Å². The van der Waals surface area contributed by atoms with Crippen LogP contribution in [0.3, 0.4) is 0 Å². The summed E-state index contributed by atoms with van der Waals surface area (Å²) < 4.78 is 0. The molecule has 4 aromatic carbocycles. The van der Waals surface area contributed by atoms with E-state index < -0.39 is 0 Å². The smallest absolute Gasteiger partial charge is 0.258 e. The second kappa shape index (κ2) is 7.54. The lowest BCUT2D eigenvalue weighted by molar-refractivity contribution is -0.384. The molecule has 1 aromatic heterocycles. The molecule has 0 fully saturated rings. The lowest BCUT2D eigenvalue weighted by Gasteiger charge is -2.07. The zero-order chi connectivity index (χ0) is 20.5. The zero-order valence-corrected chi connectivity index (χ0v) is 16.7. The first-order valence-corrected chi connectivity index (χ1v) is 10.3. The Morgan fingerprint density at radius 2 is 1.43 bits per heavy atom. The predicted molar refractivity (Wildman–Crippen MR) is 123 cm³/mol. The normalized spacial score (nSPS) is 10.9. The van der Waals surface area contributed by atoms with Gasteiger partial charge in [-0.15, -0.1) is 11.3 Å². The molecule has 0 unspecified atom stereocenters. The van der Waals surface area contributed by atoms with E-state index in [0.29, 0.717) is 0 Å². The first-order valence-electron chi connectivity index (χ1n) is 9.50. The Labute approximate surface area is 177 Å². The molecule has 0 aliphatic carbocycles. The van der Waals surface area contributed by atoms with Crippen molar-refractivity contribution in [2.45, 2.75) is 0 Å². The van der Waals surface area contributed by atoms with Crippen molar-refractivity contribution < 1.29 is 4.92 Å². The second-order valence-electron chi connectivity index (χ2n) is 6.89. The number of nitro groups is 1. The van der Waals surface area contributed by atoms with Crippen LogP contribution in [0.4, 0.5) is 5.69 Å². The molecule has 0 N–H and O–H groups in total. The average Bonchev–Trinajstić information content (AvgIpc) is 3.24. The van der Waals surface area contributed by atoms with Crippen molar-refractivity contribution in [3.8, 4) is 32.3 Å².